The molecule has 0 aromatic carbocycles. The molecule has 5 heteroatoms. The van der Waals surface area contributed by atoms with Gasteiger partial charge in [-0.15, -0.1) is 0 Å². The molecule has 0 radical (unpaired) electrons. The van der Waals surface area contributed by atoms with E-state index in [4.69, 9.17) is 11.5 Å². The van der Waals surface area contributed by atoms with Gasteiger partial charge in [-0.25, -0.2) is 5.01 Å². The summed E-state index contributed by atoms with van der Waals surface area (Å²) in [5.41, 5.74) is 10.9. The average molecular weight is 282 g/mol. The molecule has 0 bridgehead atoms. The van der Waals surface area contributed by atoms with Gasteiger partial charge in [0.05, 0.1) is 0 Å². The zero-order valence-corrected chi connectivity index (χ0v) is 9.41. The molecular weight excluding hydrogens is 267 g/mol. The molecule has 0 spiro atoms. The monoisotopic (exact) mass is 282 g/mol. The summed E-state index contributed by atoms with van der Waals surface area (Å²) in [6.07, 6.45) is 1.02. The van der Waals surface area contributed by atoms with E-state index in [1.165, 1.54) is 0 Å². The van der Waals surface area contributed by atoms with Gasteiger partial charge in [0.2, 0.25) is 0 Å². The molecule has 12 heavy (non-hydrogen) atoms. The first-order valence-electron chi connectivity index (χ1n) is 3.66. The van der Waals surface area contributed by atoms with Gasteiger partial charge < -0.3 is 11.5 Å². The largest absolute Gasteiger partial charge is 0.386 e. The molecule has 0 aliphatic rings. The highest BCUT2D eigenvalue weighted by Crippen LogP contribution is 1.99. The molecule has 0 fully saturated rings. The Kier molecular flexibility index (Phi) is 5.87. The minimum Gasteiger partial charge on any atom is -0.386 e. The summed E-state index contributed by atoms with van der Waals surface area (Å²) in [6.45, 7) is 6.09. The lowest BCUT2D eigenvalue weighted by Crippen LogP contribution is -2.26. The van der Waals surface area contributed by atoms with E-state index in [-0.39, 0.29) is 0 Å². The number of hydrogen-bond acceptors (Lipinski definition) is 3. The predicted octanol–water partition coefficient (Wildman–Crippen LogP) is 0.835. The normalized spacial score (nSPS) is 11.3. The quantitative estimate of drug-likeness (QED) is 0.258. The minimum absolute atomic E-state index is 0.435. The number of alkyl halides is 1. The van der Waals surface area contributed by atoms with Crippen LogP contribution in [0.1, 0.15) is 13.3 Å². The molecule has 0 saturated heterocycles. The van der Waals surface area contributed by atoms with Crippen molar-refractivity contribution in [2.24, 2.45) is 16.6 Å². The number of nitrogens with two attached hydrogens (primary N) is 2. The van der Waals surface area contributed by atoms with E-state index in [0.717, 1.165) is 17.4 Å². The van der Waals surface area contributed by atoms with Crippen molar-refractivity contribution in [3.05, 3.63) is 12.4 Å². The van der Waals surface area contributed by atoms with Crippen LogP contribution in [-0.4, -0.2) is 21.8 Å². The first kappa shape index (κ1) is 11.5. The van der Waals surface area contributed by atoms with Crippen LogP contribution >= 0.6 is 22.6 Å². The summed E-state index contributed by atoms with van der Waals surface area (Å²) in [6, 6.07) is 0. The van der Waals surface area contributed by atoms with Crippen LogP contribution in [0.5, 0.6) is 0 Å². The Labute approximate surface area is 86.8 Å². The number of nitrogens with zero attached hydrogens (tertiary/aromatic N) is 2. The van der Waals surface area contributed by atoms with Crippen LogP contribution in [0, 0.1) is 0 Å². The minimum atomic E-state index is 0.435. The first-order chi connectivity index (χ1) is 5.57. The van der Waals surface area contributed by atoms with Crippen LogP contribution in [0.3, 0.4) is 0 Å². The van der Waals surface area contributed by atoms with Gasteiger partial charge in [0.15, 0.2) is 0 Å². The third kappa shape index (κ3) is 5.22. The van der Waals surface area contributed by atoms with Crippen molar-refractivity contribution in [2.45, 2.75) is 13.3 Å². The molecule has 0 aliphatic heterocycles. The zero-order valence-electron chi connectivity index (χ0n) is 7.26. The highest BCUT2D eigenvalue weighted by atomic mass is 127. The zero-order chi connectivity index (χ0) is 9.56. The first-order valence-corrected chi connectivity index (χ1v) is 5.19. The summed E-state index contributed by atoms with van der Waals surface area (Å²) < 4.78 is 1.07. The third-order valence-electron chi connectivity index (χ3n) is 1.11. The second-order valence-electron chi connectivity index (χ2n) is 2.40. The fourth-order valence-corrected chi connectivity index (χ4v) is 0.999. The molecule has 0 aromatic rings. The Morgan fingerprint density at radius 1 is 1.58 bits per heavy atom. The smallest absolute Gasteiger partial charge is 0.117 e. The summed E-state index contributed by atoms with van der Waals surface area (Å²) in [5.74, 6) is 0.930. The van der Waals surface area contributed by atoms with Crippen LogP contribution in [-0.2, 0) is 0 Å². The van der Waals surface area contributed by atoms with Crippen molar-refractivity contribution in [3.8, 4) is 0 Å². The highest BCUT2D eigenvalue weighted by molar-refractivity contribution is 14.1. The summed E-state index contributed by atoms with van der Waals surface area (Å²) >= 11 is 2.30. The van der Waals surface area contributed by atoms with Crippen LogP contribution in [0.25, 0.3) is 0 Å². The van der Waals surface area contributed by atoms with Crippen LogP contribution in [0.4, 0.5) is 0 Å². The molecule has 4 nitrogen and oxygen atoms in total. The van der Waals surface area contributed by atoms with Crippen molar-refractivity contribution < 1.29 is 0 Å². The van der Waals surface area contributed by atoms with Gasteiger partial charge in [-0.05, 0) is 13.3 Å². The van der Waals surface area contributed by atoms with Crippen molar-refractivity contribution in [2.75, 3.05) is 11.0 Å². The number of halogens is 1. The van der Waals surface area contributed by atoms with Gasteiger partial charge in [-0.3, -0.25) is 0 Å². The van der Waals surface area contributed by atoms with E-state index in [0.29, 0.717) is 11.7 Å². The molecular formula is C7H15IN4. The summed E-state index contributed by atoms with van der Waals surface area (Å²) in [5, 5.41) is 5.63. The SMILES string of the molecule is C=C(N)N(CCCI)/N=C(/C)N. The second kappa shape index (κ2) is 6.10. The van der Waals surface area contributed by atoms with Crippen molar-refractivity contribution in [1.82, 2.24) is 5.01 Å². The molecule has 70 valence electrons. The molecule has 0 amide bonds. The molecule has 0 unspecified atom stereocenters. The van der Waals surface area contributed by atoms with E-state index in [1.807, 2.05) is 0 Å². The maximum atomic E-state index is 5.49. The molecule has 0 atom stereocenters. The Morgan fingerprint density at radius 3 is 2.50 bits per heavy atom. The Hall–Kier alpha value is -0.460. The summed E-state index contributed by atoms with van der Waals surface area (Å²) in [7, 11) is 0. The van der Waals surface area contributed by atoms with Gasteiger partial charge in [-0.2, -0.15) is 5.10 Å². The van der Waals surface area contributed by atoms with E-state index in [1.54, 1.807) is 11.9 Å². The fourth-order valence-electron chi connectivity index (χ4n) is 0.658. The van der Waals surface area contributed by atoms with Gasteiger partial charge in [0.25, 0.3) is 0 Å². The molecule has 0 rings (SSSR count). The Balaban J connectivity index is 4.05. The predicted molar refractivity (Wildman–Crippen MR) is 60.8 cm³/mol. The van der Waals surface area contributed by atoms with Crippen molar-refractivity contribution in [1.29, 1.82) is 0 Å². The van der Waals surface area contributed by atoms with Gasteiger partial charge in [0, 0.05) is 11.0 Å². The van der Waals surface area contributed by atoms with Crippen LogP contribution in [0.15, 0.2) is 17.5 Å². The Bertz CT molecular complexity index is 174. The second-order valence-corrected chi connectivity index (χ2v) is 3.48. The molecule has 4 N–H and O–H groups in total. The highest BCUT2D eigenvalue weighted by Gasteiger charge is 2.00. The fraction of sp³-hybridized carbons (Fsp3) is 0.571. The van der Waals surface area contributed by atoms with Gasteiger partial charge in [-0.1, -0.05) is 29.2 Å². The van der Waals surface area contributed by atoms with E-state index < -0.39 is 0 Å². The molecule has 0 aliphatic carbocycles. The lowest BCUT2D eigenvalue weighted by molar-refractivity contribution is 0.363. The van der Waals surface area contributed by atoms with Crippen molar-refractivity contribution >= 4 is 28.4 Å². The Morgan fingerprint density at radius 2 is 2.17 bits per heavy atom. The number of hydrogen-bond donors (Lipinski definition) is 2. The van der Waals surface area contributed by atoms with Crippen LogP contribution < -0.4 is 11.5 Å². The number of hydrazone groups is 1. The maximum absolute atomic E-state index is 5.49. The lowest BCUT2D eigenvalue weighted by Gasteiger charge is -2.17. The third-order valence-corrected chi connectivity index (χ3v) is 1.88. The standard InChI is InChI=1S/C7H15IN4/c1-6(9)11-12(7(2)10)5-3-4-8/h2-5,10H2,1H3,(H2,9,11). The molecule has 0 heterocycles. The lowest BCUT2D eigenvalue weighted by atomic mass is 10.5. The van der Waals surface area contributed by atoms with Crippen LogP contribution in [0.2, 0.25) is 0 Å². The summed E-state index contributed by atoms with van der Waals surface area (Å²) in [4.78, 5) is 0. The average Bonchev–Trinajstić information content (AvgIpc) is 1.96. The molecule has 0 aromatic heterocycles. The van der Waals surface area contributed by atoms with E-state index >= 15 is 0 Å². The van der Waals surface area contributed by atoms with Gasteiger partial charge >= 0.3 is 0 Å². The van der Waals surface area contributed by atoms with E-state index in [2.05, 4.69) is 34.3 Å². The maximum Gasteiger partial charge on any atom is 0.117 e. The number of amidine groups is 1. The van der Waals surface area contributed by atoms with Crippen molar-refractivity contribution in [3.63, 3.8) is 0 Å². The van der Waals surface area contributed by atoms with Gasteiger partial charge in [0.1, 0.15) is 11.7 Å². The van der Waals surface area contributed by atoms with E-state index in [9.17, 15) is 0 Å². The number of rotatable bonds is 5. The molecule has 0 saturated carbocycles. The topological polar surface area (TPSA) is 67.6 Å².